The van der Waals surface area contributed by atoms with Gasteiger partial charge in [0.25, 0.3) is 6.47 Å². The average molecular weight is 1070 g/mol. The molecule has 0 spiro atoms. The molecule has 0 aliphatic heterocycles. The summed E-state index contributed by atoms with van der Waals surface area (Å²) in [4.78, 5) is 26.9. The quantitative estimate of drug-likeness (QED) is 0.0575. The molecule has 0 fully saturated rings. The highest BCUT2D eigenvalue weighted by Gasteiger charge is 2.33. The van der Waals surface area contributed by atoms with Crippen molar-refractivity contribution in [2.24, 2.45) is 0 Å². The molecule has 0 aromatic heterocycles. The molecule has 2 N–H and O–H groups in total. The molecule has 8 nitrogen and oxygen atoms in total. The van der Waals surface area contributed by atoms with Crippen LogP contribution in [0, 0.1) is 27.7 Å². The summed E-state index contributed by atoms with van der Waals surface area (Å²) in [6, 6.07) is 39.7. The van der Waals surface area contributed by atoms with Gasteiger partial charge in [0.2, 0.25) is 0 Å². The van der Waals surface area contributed by atoms with Crippen molar-refractivity contribution < 1.29 is 38.8 Å². The maximum Gasteiger partial charge on any atom is 0.373 e. The molecule has 6 aromatic rings. The van der Waals surface area contributed by atoms with Crippen LogP contribution in [-0.2, 0) is 43.0 Å². The lowest BCUT2D eigenvalue weighted by Crippen LogP contribution is -2.26. The van der Waals surface area contributed by atoms with Gasteiger partial charge in [0.15, 0.2) is 0 Å². The van der Waals surface area contributed by atoms with Crippen LogP contribution in [0.2, 0.25) is 0 Å². The van der Waals surface area contributed by atoms with Gasteiger partial charge in [-0.1, -0.05) is 172 Å². The van der Waals surface area contributed by atoms with Gasteiger partial charge < -0.3 is 24.4 Å². The van der Waals surface area contributed by atoms with Crippen molar-refractivity contribution in [2.45, 2.75) is 176 Å². The number of hydrogen-bond donors (Lipinski definition) is 2. The van der Waals surface area contributed by atoms with Crippen LogP contribution >= 0.6 is 0 Å². The van der Waals surface area contributed by atoms with Crippen molar-refractivity contribution in [3.8, 4) is 33.8 Å². The minimum atomic E-state index is -0.759. The Morgan fingerprint density at radius 2 is 0.785 bits per heavy atom. The Bertz CT molecular complexity index is 3030. The van der Waals surface area contributed by atoms with Crippen LogP contribution in [0.4, 0.5) is 0 Å². The summed E-state index contributed by atoms with van der Waals surface area (Å²) < 4.78 is 16.4. The third-order valence-electron chi connectivity index (χ3n) is 17.0. The Labute approximate surface area is 474 Å². The molecular weight excluding hydrogens is 981 g/mol. The smallest absolute Gasteiger partial charge is 0.373 e. The lowest BCUT2D eigenvalue weighted by atomic mass is 9.69. The van der Waals surface area contributed by atoms with E-state index in [1.54, 1.807) is 14.2 Å². The highest BCUT2D eigenvalue weighted by atomic mass is 16.5. The average Bonchev–Trinajstić information content (AvgIpc) is 3.58. The lowest BCUT2D eigenvalue weighted by molar-refractivity contribution is -0.191. The summed E-state index contributed by atoms with van der Waals surface area (Å²) in [6.07, 6.45) is 16.1. The molecule has 0 unspecified atom stereocenters. The van der Waals surface area contributed by atoms with Crippen molar-refractivity contribution in [1.82, 2.24) is 0 Å². The Hall–Kier alpha value is -6.83. The van der Waals surface area contributed by atoms with Crippen molar-refractivity contribution in [3.63, 3.8) is 0 Å². The maximum atomic E-state index is 10.7. The molecule has 422 valence electrons. The molecule has 0 saturated heterocycles. The Morgan fingerprint density at radius 1 is 0.443 bits per heavy atom. The van der Waals surface area contributed by atoms with Crippen LogP contribution in [0.5, 0.6) is 11.5 Å². The fraction of sp³-hybridized carbons (Fsp3) is 0.408. The number of carbonyl (C=O) groups is 1. The third-order valence-corrected chi connectivity index (χ3v) is 17.0. The number of methoxy groups -OCH3 is 2. The van der Waals surface area contributed by atoms with Gasteiger partial charge in [-0.3, -0.25) is 4.79 Å². The van der Waals surface area contributed by atoms with E-state index in [-0.39, 0.29) is 23.6 Å². The number of rotatable bonds is 24. The molecule has 0 atom stereocenters. The molecule has 6 rings (SSSR count). The van der Waals surface area contributed by atoms with Gasteiger partial charge in [-0.15, -0.1) is 0 Å². The number of ether oxygens (including phenoxy) is 3. The fourth-order valence-electron chi connectivity index (χ4n) is 11.1. The van der Waals surface area contributed by atoms with E-state index in [4.69, 9.17) is 23.8 Å². The fourth-order valence-corrected chi connectivity index (χ4v) is 11.1. The van der Waals surface area contributed by atoms with E-state index in [0.29, 0.717) is 19.3 Å². The Balaban J connectivity index is 0.000000325. The second-order valence-electron chi connectivity index (χ2n) is 21.0. The standard InChI is InChI=1S/C35H44O4.C35H46O2.CO2/c1-8-34(37,9-2)19-18-28-13-14-29(20-25(28)5)35(10-3,11-4)30-15-16-31(26(6)21-30)32-22-27(23-39-24-36)12-17-33(32)38-7;1-9-27-14-19-33(37-8)32(24-27)31-18-17-30(23-26(31)7)35(12-4,13-5)29-16-15-28(25(6)22-29)20-21-34(36,10-2)11-3;2-1-3/h12-22,24,37H,8-11,23H2,1-7H3;14-24,36H,9-13H2,1-8H3;/b19-18+;21-20+;. The third kappa shape index (κ3) is 15.3. The molecule has 79 heavy (non-hydrogen) atoms. The van der Waals surface area contributed by atoms with Gasteiger partial charge in [0.1, 0.15) is 18.1 Å². The highest BCUT2D eigenvalue weighted by Crippen LogP contribution is 2.44. The number of carbonyl (C=O) groups excluding carboxylic acids is 3. The molecule has 0 aliphatic rings. The van der Waals surface area contributed by atoms with E-state index in [1.165, 1.54) is 61.2 Å². The van der Waals surface area contributed by atoms with Crippen molar-refractivity contribution in [3.05, 3.63) is 188 Å². The molecular formula is C71H90O8. The highest BCUT2D eigenvalue weighted by molar-refractivity contribution is 5.76. The molecule has 0 amide bonds. The van der Waals surface area contributed by atoms with E-state index in [2.05, 4.69) is 165 Å². The van der Waals surface area contributed by atoms with E-state index in [9.17, 15) is 15.0 Å². The topological polar surface area (TPSA) is 119 Å². The van der Waals surface area contributed by atoms with Crippen LogP contribution < -0.4 is 9.47 Å². The summed E-state index contributed by atoms with van der Waals surface area (Å²) in [5.41, 5.74) is 17.5. The van der Waals surface area contributed by atoms with Crippen LogP contribution in [0.3, 0.4) is 0 Å². The van der Waals surface area contributed by atoms with Crippen molar-refractivity contribution >= 4 is 24.8 Å². The second-order valence-corrected chi connectivity index (χ2v) is 21.0. The molecule has 0 saturated carbocycles. The Kier molecular flexibility index (Phi) is 24.5. The molecule has 0 radical (unpaired) electrons. The molecule has 8 heteroatoms. The van der Waals surface area contributed by atoms with E-state index >= 15 is 0 Å². The van der Waals surface area contributed by atoms with Crippen LogP contribution in [-0.4, -0.2) is 48.3 Å². The first kappa shape index (κ1) is 64.7. The van der Waals surface area contributed by atoms with Crippen LogP contribution in [0.15, 0.2) is 121 Å². The SMILES string of the molecule is CCC(O)(/C=C/c1ccc(C(CC)(CC)c2ccc(-c3cc(COC=O)ccc3OC)c(C)c2)cc1C)CC.CCc1ccc(OC)c(-c2ccc(C(CC)(CC)c3ccc(/C=C/C(O)(CC)CC)c(C)c3)cc2C)c1.O=C=O. The summed E-state index contributed by atoms with van der Waals surface area (Å²) in [6.45, 7) is 28.8. The normalized spacial score (nSPS) is 11.9. The molecule has 0 heterocycles. The largest absolute Gasteiger partial charge is 0.496 e. The van der Waals surface area contributed by atoms with E-state index in [1.807, 2.05) is 58.0 Å². The zero-order valence-electron chi connectivity index (χ0n) is 50.2. The second kappa shape index (κ2) is 29.9. The minimum Gasteiger partial charge on any atom is -0.496 e. The van der Waals surface area contributed by atoms with Gasteiger partial charge in [-0.2, -0.15) is 9.59 Å². The summed E-state index contributed by atoms with van der Waals surface area (Å²) >= 11 is 0. The molecule has 6 aromatic carbocycles. The van der Waals surface area contributed by atoms with Gasteiger partial charge >= 0.3 is 6.15 Å². The summed E-state index contributed by atoms with van der Waals surface area (Å²) in [7, 11) is 3.43. The first-order valence-electron chi connectivity index (χ1n) is 28.5. The number of hydrogen-bond acceptors (Lipinski definition) is 8. The van der Waals surface area contributed by atoms with E-state index < -0.39 is 11.2 Å². The minimum absolute atomic E-state index is 0.0563. The van der Waals surface area contributed by atoms with Crippen LogP contribution in [0.1, 0.15) is 180 Å². The predicted molar refractivity (Wildman–Crippen MR) is 326 cm³/mol. The van der Waals surface area contributed by atoms with E-state index in [0.717, 1.165) is 84.3 Å². The number of aryl methyl sites for hydroxylation is 5. The first-order valence-corrected chi connectivity index (χ1v) is 28.5. The zero-order valence-corrected chi connectivity index (χ0v) is 50.2. The number of aliphatic hydroxyl groups is 2. The van der Waals surface area contributed by atoms with Gasteiger partial charge in [0, 0.05) is 22.0 Å². The van der Waals surface area contributed by atoms with Gasteiger partial charge in [0.05, 0.1) is 25.4 Å². The first-order chi connectivity index (χ1) is 37.8. The van der Waals surface area contributed by atoms with Gasteiger partial charge in [-0.25, -0.2) is 0 Å². The monoisotopic (exact) mass is 1070 g/mol. The molecule has 0 bridgehead atoms. The number of benzene rings is 6. The maximum absolute atomic E-state index is 10.7. The summed E-state index contributed by atoms with van der Waals surface area (Å²) in [5.74, 6) is 1.71. The van der Waals surface area contributed by atoms with Crippen molar-refractivity contribution in [2.75, 3.05) is 14.2 Å². The lowest BCUT2D eigenvalue weighted by Gasteiger charge is -2.34. The van der Waals surface area contributed by atoms with Crippen LogP contribution in [0.25, 0.3) is 34.4 Å². The van der Waals surface area contributed by atoms with Gasteiger partial charge in [-0.05, 0) is 188 Å². The summed E-state index contributed by atoms with van der Waals surface area (Å²) in [5, 5.41) is 21.4. The predicted octanol–water partition coefficient (Wildman–Crippen LogP) is 17.0. The van der Waals surface area contributed by atoms with Crippen molar-refractivity contribution in [1.29, 1.82) is 0 Å². The molecule has 0 aliphatic carbocycles. The zero-order chi connectivity index (χ0) is 58.6. The Morgan fingerprint density at radius 3 is 1.09 bits per heavy atom.